The minimum Gasteiger partial charge on any atom is -0.497 e. The van der Waals surface area contributed by atoms with Gasteiger partial charge in [0, 0.05) is 36.3 Å². The van der Waals surface area contributed by atoms with Gasteiger partial charge in [0.2, 0.25) is 10.0 Å². The molecule has 0 aliphatic carbocycles. The summed E-state index contributed by atoms with van der Waals surface area (Å²) in [6.45, 7) is 0.335. The van der Waals surface area contributed by atoms with Gasteiger partial charge in [-0.25, -0.2) is 8.42 Å². The van der Waals surface area contributed by atoms with Crippen molar-refractivity contribution in [2.45, 2.75) is 23.4 Å². The molecule has 1 N–H and O–H groups in total. The number of benzene rings is 3. The lowest BCUT2D eigenvalue weighted by atomic mass is 9.82. The fraction of sp³-hybridized carbons (Fsp3) is 0.310. The normalized spacial score (nSPS) is 21.0. The third kappa shape index (κ3) is 4.55. The number of hydrogen-bond acceptors (Lipinski definition) is 6. The maximum atomic E-state index is 13.8. The van der Waals surface area contributed by atoms with Crippen molar-refractivity contribution in [3.63, 3.8) is 0 Å². The molecule has 5 rings (SSSR count). The molecule has 2 aliphatic rings. The highest BCUT2D eigenvalue weighted by atomic mass is 32.2. The molecule has 1 saturated heterocycles. The fourth-order valence-corrected chi connectivity index (χ4v) is 7.13. The van der Waals surface area contributed by atoms with Crippen LogP contribution in [0.15, 0.2) is 71.6 Å². The molecule has 0 saturated carbocycles. The molecule has 0 spiro atoms. The Bertz CT molecular complexity index is 1440. The van der Waals surface area contributed by atoms with Crippen LogP contribution in [0.5, 0.6) is 11.5 Å². The molecule has 2 heterocycles. The highest BCUT2D eigenvalue weighted by Gasteiger charge is 2.50. The largest absolute Gasteiger partial charge is 0.497 e. The first-order chi connectivity index (χ1) is 17.9. The molecule has 3 atom stereocenters. The van der Waals surface area contributed by atoms with Crippen molar-refractivity contribution >= 4 is 15.7 Å². The average molecular weight is 519 g/mol. The number of nitrogens with zero attached hydrogens (tertiary/aromatic N) is 2. The van der Waals surface area contributed by atoms with Gasteiger partial charge < -0.3 is 19.5 Å². The highest BCUT2D eigenvalue weighted by Crippen LogP contribution is 2.50. The predicted octanol–water partition coefficient (Wildman–Crippen LogP) is 3.67. The highest BCUT2D eigenvalue weighted by molar-refractivity contribution is 7.89. The number of rotatable bonds is 5. The number of aliphatic hydroxyl groups is 1. The number of aliphatic hydroxyl groups excluding tert-OH is 1. The molecule has 1 fully saturated rings. The maximum Gasteiger partial charge on any atom is 0.243 e. The van der Waals surface area contributed by atoms with E-state index >= 15 is 0 Å². The summed E-state index contributed by atoms with van der Waals surface area (Å²) in [4.78, 5) is 2.30. The maximum absolute atomic E-state index is 13.8. The summed E-state index contributed by atoms with van der Waals surface area (Å²) in [5, 5.41) is 10.2. The summed E-state index contributed by atoms with van der Waals surface area (Å²) in [5.74, 6) is 7.74. The van der Waals surface area contributed by atoms with Gasteiger partial charge in [-0.3, -0.25) is 0 Å². The molecule has 0 radical (unpaired) electrons. The first kappa shape index (κ1) is 25.2. The Morgan fingerprint density at radius 1 is 0.919 bits per heavy atom. The minimum absolute atomic E-state index is 0.0414. The molecule has 2 aliphatic heterocycles. The van der Waals surface area contributed by atoms with E-state index in [1.165, 1.54) is 0 Å². The zero-order valence-electron chi connectivity index (χ0n) is 21.1. The average Bonchev–Trinajstić information content (AvgIpc) is 3.38. The lowest BCUT2D eigenvalue weighted by molar-refractivity contribution is 0.193. The Morgan fingerprint density at radius 3 is 2.14 bits per heavy atom. The standard InChI is InChI=1S/C29H30N2O5S/c1-30-27-15-8-21(5-4-20-6-9-22(35-2)10-7-20)18-26(27)29-25(28(30)19-32)16-17-31(29)37(33,34)24-13-11-23(36-3)12-14-24/h6-15,18,25,28-29,32H,16-17,19H2,1-3H3/t25-,28+,29-/m1/s1. The van der Waals surface area contributed by atoms with E-state index < -0.39 is 16.1 Å². The van der Waals surface area contributed by atoms with E-state index in [1.807, 2.05) is 49.5 Å². The number of hydrogen-bond donors (Lipinski definition) is 1. The summed E-state index contributed by atoms with van der Waals surface area (Å²) >= 11 is 0. The van der Waals surface area contributed by atoms with Crippen LogP contribution in [0.4, 0.5) is 5.69 Å². The summed E-state index contributed by atoms with van der Waals surface area (Å²) in [6, 6.07) is 19.4. The van der Waals surface area contributed by atoms with Crippen molar-refractivity contribution in [2.75, 3.05) is 39.3 Å². The SMILES string of the molecule is COc1ccc(C#Cc2ccc3c(c2)[C@H]2[C@H](CCN2S(=O)(=O)c2ccc(OC)cc2)[C@H](CO)N3C)cc1. The quantitative estimate of drug-likeness (QED) is 0.520. The van der Waals surface area contributed by atoms with Crippen molar-refractivity contribution in [3.8, 4) is 23.3 Å². The van der Waals surface area contributed by atoms with Crippen molar-refractivity contribution < 1.29 is 23.0 Å². The van der Waals surface area contributed by atoms with Gasteiger partial charge in [-0.1, -0.05) is 11.8 Å². The van der Waals surface area contributed by atoms with E-state index in [1.54, 1.807) is 42.8 Å². The Balaban J connectivity index is 1.54. The van der Waals surface area contributed by atoms with Crippen LogP contribution in [-0.4, -0.2) is 58.3 Å². The Morgan fingerprint density at radius 2 is 1.51 bits per heavy atom. The number of fused-ring (bicyclic) bond motifs is 3. The second-order valence-corrected chi connectivity index (χ2v) is 11.2. The third-order valence-corrected chi connectivity index (χ3v) is 9.31. The van der Waals surface area contributed by atoms with E-state index in [4.69, 9.17) is 9.47 Å². The van der Waals surface area contributed by atoms with Gasteiger partial charge in [0.1, 0.15) is 11.5 Å². The van der Waals surface area contributed by atoms with Gasteiger partial charge in [0.05, 0.1) is 37.8 Å². The van der Waals surface area contributed by atoms with Crippen LogP contribution >= 0.6 is 0 Å². The van der Waals surface area contributed by atoms with Gasteiger partial charge in [-0.05, 0) is 78.7 Å². The smallest absolute Gasteiger partial charge is 0.243 e. The number of methoxy groups -OCH3 is 2. The van der Waals surface area contributed by atoms with Gasteiger partial charge in [-0.2, -0.15) is 4.31 Å². The van der Waals surface area contributed by atoms with E-state index in [-0.39, 0.29) is 23.5 Å². The van der Waals surface area contributed by atoms with Gasteiger partial charge in [0.15, 0.2) is 0 Å². The summed E-state index contributed by atoms with van der Waals surface area (Å²) < 4.78 is 39.6. The molecular formula is C29H30N2O5S. The van der Waals surface area contributed by atoms with E-state index in [0.717, 1.165) is 28.1 Å². The van der Waals surface area contributed by atoms with Crippen molar-refractivity contribution in [1.29, 1.82) is 0 Å². The van der Waals surface area contributed by atoms with Crippen molar-refractivity contribution in [3.05, 3.63) is 83.4 Å². The zero-order chi connectivity index (χ0) is 26.2. The fourth-order valence-electron chi connectivity index (χ4n) is 5.46. The molecule has 7 nitrogen and oxygen atoms in total. The number of ether oxygens (including phenoxy) is 2. The first-order valence-corrected chi connectivity index (χ1v) is 13.6. The number of sulfonamides is 1. The third-order valence-electron chi connectivity index (χ3n) is 7.41. The van der Waals surface area contributed by atoms with Crippen LogP contribution < -0.4 is 14.4 Å². The van der Waals surface area contributed by atoms with Crippen LogP contribution in [0, 0.1) is 17.8 Å². The first-order valence-electron chi connectivity index (χ1n) is 12.2. The molecule has 0 unspecified atom stereocenters. The van der Waals surface area contributed by atoms with E-state index in [0.29, 0.717) is 18.7 Å². The molecular weight excluding hydrogens is 488 g/mol. The van der Waals surface area contributed by atoms with Crippen molar-refractivity contribution in [2.24, 2.45) is 5.92 Å². The van der Waals surface area contributed by atoms with Gasteiger partial charge in [-0.15, -0.1) is 0 Å². The number of anilines is 1. The Labute approximate surface area is 218 Å². The minimum atomic E-state index is -3.77. The predicted molar refractivity (Wildman–Crippen MR) is 142 cm³/mol. The molecule has 0 amide bonds. The summed E-state index contributed by atoms with van der Waals surface area (Å²) in [5.41, 5.74) is 3.48. The Kier molecular flexibility index (Phi) is 6.86. The van der Waals surface area contributed by atoms with E-state index in [9.17, 15) is 13.5 Å². The second-order valence-electron chi connectivity index (χ2n) is 9.30. The number of likely N-dealkylation sites (N-methyl/N-ethyl adjacent to an activating group) is 1. The van der Waals surface area contributed by atoms with Crippen LogP contribution in [-0.2, 0) is 10.0 Å². The molecule has 0 aromatic heterocycles. The van der Waals surface area contributed by atoms with Gasteiger partial charge in [0.25, 0.3) is 0 Å². The molecule has 0 bridgehead atoms. The zero-order valence-corrected chi connectivity index (χ0v) is 21.9. The van der Waals surface area contributed by atoms with Crippen LogP contribution in [0.2, 0.25) is 0 Å². The second kappa shape index (κ2) is 10.1. The molecule has 192 valence electrons. The topological polar surface area (TPSA) is 79.3 Å². The molecule has 3 aromatic carbocycles. The Hall–Kier alpha value is -3.51. The van der Waals surface area contributed by atoms with Crippen molar-refractivity contribution in [1.82, 2.24) is 4.31 Å². The van der Waals surface area contributed by atoms with E-state index in [2.05, 4.69) is 16.7 Å². The molecule has 8 heteroatoms. The summed E-state index contributed by atoms with van der Waals surface area (Å²) in [7, 11) is 1.36. The molecule has 37 heavy (non-hydrogen) atoms. The van der Waals surface area contributed by atoms with Crippen LogP contribution in [0.1, 0.15) is 29.2 Å². The van der Waals surface area contributed by atoms with Crippen LogP contribution in [0.25, 0.3) is 0 Å². The van der Waals surface area contributed by atoms with Crippen LogP contribution in [0.3, 0.4) is 0 Å². The lowest BCUT2D eigenvalue weighted by Gasteiger charge is -2.44. The molecule has 3 aromatic rings. The lowest BCUT2D eigenvalue weighted by Crippen LogP contribution is -2.48. The van der Waals surface area contributed by atoms with Gasteiger partial charge >= 0.3 is 0 Å². The monoisotopic (exact) mass is 518 g/mol. The summed E-state index contributed by atoms with van der Waals surface area (Å²) in [6.07, 6.45) is 0.664.